The summed E-state index contributed by atoms with van der Waals surface area (Å²) in [6.45, 7) is 4.80. The summed E-state index contributed by atoms with van der Waals surface area (Å²) in [6.07, 6.45) is 3.99. The Bertz CT molecular complexity index is 1120. The molecule has 3 aromatic rings. The van der Waals surface area contributed by atoms with Gasteiger partial charge in [-0.2, -0.15) is 0 Å². The summed E-state index contributed by atoms with van der Waals surface area (Å²) in [5.41, 5.74) is 4.07. The van der Waals surface area contributed by atoms with Crippen molar-refractivity contribution >= 4 is 28.7 Å². The van der Waals surface area contributed by atoms with Crippen molar-refractivity contribution in [1.82, 2.24) is 19.8 Å². The molecule has 2 aromatic carbocycles. The molecular weight excluding hydrogens is 402 g/mol. The van der Waals surface area contributed by atoms with E-state index in [4.69, 9.17) is 4.98 Å². The highest BCUT2D eigenvalue weighted by Gasteiger charge is 2.29. The molecule has 1 unspecified atom stereocenters. The number of H-pyrrole nitrogens is 1. The number of aryl methyl sites for hydroxylation is 1. The number of likely N-dealkylation sites (tertiary alicyclic amines) is 2. The van der Waals surface area contributed by atoms with E-state index in [1.807, 2.05) is 59.2 Å². The molecule has 166 valence electrons. The Morgan fingerprint density at radius 3 is 2.59 bits per heavy atom. The molecule has 0 radical (unpaired) electrons. The number of piperidine rings is 1. The van der Waals surface area contributed by atoms with Crippen LogP contribution in [-0.2, 0) is 0 Å². The molecule has 7 nitrogen and oxygen atoms in total. The molecule has 2 fully saturated rings. The van der Waals surface area contributed by atoms with Crippen molar-refractivity contribution in [2.45, 2.75) is 38.5 Å². The average molecular weight is 432 g/mol. The van der Waals surface area contributed by atoms with E-state index in [2.05, 4.69) is 10.3 Å². The fraction of sp³-hybridized carbons (Fsp3) is 0.400. The third kappa shape index (κ3) is 3.95. The lowest BCUT2D eigenvalue weighted by Gasteiger charge is -2.32. The van der Waals surface area contributed by atoms with Gasteiger partial charge in [0.15, 0.2) is 0 Å². The number of rotatable bonds is 3. The lowest BCUT2D eigenvalue weighted by atomic mass is 9.97. The van der Waals surface area contributed by atoms with Gasteiger partial charge in [0.25, 0.3) is 5.91 Å². The average Bonchev–Trinajstić information content (AvgIpc) is 3.50. The van der Waals surface area contributed by atoms with Gasteiger partial charge in [-0.3, -0.25) is 4.79 Å². The number of anilines is 1. The molecule has 2 N–H and O–H groups in total. The maximum Gasteiger partial charge on any atom is 0.321 e. The van der Waals surface area contributed by atoms with Crippen LogP contribution in [0, 0.1) is 6.92 Å². The Balaban J connectivity index is 1.33. The van der Waals surface area contributed by atoms with Crippen molar-refractivity contribution in [3.63, 3.8) is 0 Å². The van der Waals surface area contributed by atoms with E-state index in [-0.39, 0.29) is 17.9 Å². The lowest BCUT2D eigenvalue weighted by Crippen LogP contribution is -2.42. The second kappa shape index (κ2) is 8.65. The van der Waals surface area contributed by atoms with Crippen LogP contribution in [0.1, 0.15) is 53.3 Å². The summed E-state index contributed by atoms with van der Waals surface area (Å²) in [7, 11) is 0. The maximum atomic E-state index is 13.2. The summed E-state index contributed by atoms with van der Waals surface area (Å²) in [4.78, 5) is 38.2. The number of imidazole rings is 1. The number of para-hydroxylation sites is 3. The molecule has 3 heterocycles. The van der Waals surface area contributed by atoms with Crippen LogP contribution in [0.25, 0.3) is 11.0 Å². The Kier molecular flexibility index (Phi) is 5.55. The van der Waals surface area contributed by atoms with Crippen LogP contribution >= 0.6 is 0 Å². The topological polar surface area (TPSA) is 81.3 Å². The minimum Gasteiger partial charge on any atom is -0.342 e. The Morgan fingerprint density at radius 1 is 1.00 bits per heavy atom. The monoisotopic (exact) mass is 431 g/mol. The van der Waals surface area contributed by atoms with E-state index in [9.17, 15) is 9.59 Å². The van der Waals surface area contributed by atoms with E-state index in [0.717, 1.165) is 61.2 Å². The standard InChI is InChI=1S/C25H29N5O2/c1-17-8-6-10-19(24(31)29-13-4-5-14-29)22(17)28-25(32)30-15-7-9-18(16-30)23-26-20-11-2-3-12-21(20)27-23/h2-3,6,8,10-12,18H,4-5,7,9,13-16H2,1H3,(H,26,27)(H,28,32). The minimum atomic E-state index is -0.157. The van der Waals surface area contributed by atoms with Crippen LogP contribution in [0.4, 0.5) is 10.5 Å². The summed E-state index contributed by atoms with van der Waals surface area (Å²) in [5, 5.41) is 3.06. The van der Waals surface area contributed by atoms with Gasteiger partial charge in [-0.05, 0) is 56.4 Å². The molecule has 2 aliphatic rings. The first-order valence-corrected chi connectivity index (χ1v) is 11.5. The molecule has 3 amide bonds. The van der Waals surface area contributed by atoms with Gasteiger partial charge in [-0.25, -0.2) is 9.78 Å². The number of nitrogens with one attached hydrogen (secondary N) is 2. The third-order valence-corrected chi connectivity index (χ3v) is 6.63. The summed E-state index contributed by atoms with van der Waals surface area (Å²) in [6, 6.07) is 13.5. The molecule has 7 heteroatoms. The molecule has 0 saturated carbocycles. The number of carbonyl (C=O) groups excluding carboxylic acids is 2. The van der Waals surface area contributed by atoms with E-state index in [1.54, 1.807) is 0 Å². The molecule has 1 atom stereocenters. The Hall–Kier alpha value is -3.35. The fourth-order valence-electron chi connectivity index (χ4n) is 4.84. The van der Waals surface area contributed by atoms with E-state index < -0.39 is 0 Å². The van der Waals surface area contributed by atoms with Crippen LogP contribution in [0.3, 0.4) is 0 Å². The molecule has 5 rings (SSSR count). The maximum absolute atomic E-state index is 13.2. The number of fused-ring (bicyclic) bond motifs is 1. The molecule has 2 saturated heterocycles. The number of aromatic amines is 1. The molecular formula is C25H29N5O2. The first-order valence-electron chi connectivity index (χ1n) is 11.5. The van der Waals surface area contributed by atoms with E-state index in [0.29, 0.717) is 24.3 Å². The number of amides is 3. The zero-order valence-corrected chi connectivity index (χ0v) is 18.4. The van der Waals surface area contributed by atoms with Gasteiger partial charge in [0.1, 0.15) is 5.82 Å². The van der Waals surface area contributed by atoms with Gasteiger partial charge in [-0.1, -0.05) is 24.3 Å². The first kappa shape index (κ1) is 20.5. The second-order valence-corrected chi connectivity index (χ2v) is 8.85. The van der Waals surface area contributed by atoms with Gasteiger partial charge >= 0.3 is 6.03 Å². The normalized spacial score (nSPS) is 18.8. The lowest BCUT2D eigenvalue weighted by molar-refractivity contribution is 0.0793. The second-order valence-electron chi connectivity index (χ2n) is 8.85. The fourth-order valence-corrected chi connectivity index (χ4v) is 4.84. The van der Waals surface area contributed by atoms with Crippen molar-refractivity contribution in [2.24, 2.45) is 0 Å². The zero-order chi connectivity index (χ0) is 22.1. The van der Waals surface area contributed by atoms with Gasteiger partial charge in [0.05, 0.1) is 22.3 Å². The van der Waals surface area contributed by atoms with Crippen molar-refractivity contribution in [2.75, 3.05) is 31.5 Å². The molecule has 0 spiro atoms. The Morgan fingerprint density at radius 2 is 1.78 bits per heavy atom. The highest BCUT2D eigenvalue weighted by Crippen LogP contribution is 2.29. The van der Waals surface area contributed by atoms with Crippen molar-refractivity contribution in [3.05, 3.63) is 59.4 Å². The summed E-state index contributed by atoms with van der Waals surface area (Å²) in [5.74, 6) is 1.11. The largest absolute Gasteiger partial charge is 0.342 e. The number of hydrogen-bond donors (Lipinski definition) is 2. The van der Waals surface area contributed by atoms with Gasteiger partial charge in [-0.15, -0.1) is 0 Å². The molecule has 0 bridgehead atoms. The number of urea groups is 1. The van der Waals surface area contributed by atoms with Crippen LogP contribution in [0.5, 0.6) is 0 Å². The van der Waals surface area contributed by atoms with Gasteiger partial charge < -0.3 is 20.1 Å². The number of aromatic nitrogens is 2. The van der Waals surface area contributed by atoms with Crippen LogP contribution < -0.4 is 5.32 Å². The third-order valence-electron chi connectivity index (χ3n) is 6.63. The summed E-state index contributed by atoms with van der Waals surface area (Å²) < 4.78 is 0. The highest BCUT2D eigenvalue weighted by atomic mass is 16.2. The SMILES string of the molecule is Cc1cccc(C(=O)N2CCCC2)c1NC(=O)N1CCCC(c2nc3ccccc3[nH]2)C1. The predicted octanol–water partition coefficient (Wildman–Crippen LogP) is 4.52. The quantitative estimate of drug-likeness (QED) is 0.640. The van der Waals surface area contributed by atoms with E-state index in [1.165, 1.54) is 0 Å². The number of nitrogens with zero attached hydrogens (tertiary/aromatic N) is 3. The highest BCUT2D eigenvalue weighted by molar-refractivity contribution is 6.04. The van der Waals surface area contributed by atoms with Gasteiger partial charge in [0.2, 0.25) is 0 Å². The van der Waals surface area contributed by atoms with Crippen LogP contribution in [0.2, 0.25) is 0 Å². The molecule has 0 aliphatic carbocycles. The number of hydrogen-bond acceptors (Lipinski definition) is 3. The predicted molar refractivity (Wildman–Crippen MR) is 125 cm³/mol. The first-order chi connectivity index (χ1) is 15.6. The summed E-state index contributed by atoms with van der Waals surface area (Å²) >= 11 is 0. The van der Waals surface area contributed by atoms with E-state index >= 15 is 0 Å². The molecule has 32 heavy (non-hydrogen) atoms. The van der Waals surface area contributed by atoms with Crippen molar-refractivity contribution < 1.29 is 9.59 Å². The van der Waals surface area contributed by atoms with Crippen LogP contribution in [-0.4, -0.2) is 57.9 Å². The van der Waals surface area contributed by atoms with Gasteiger partial charge in [0, 0.05) is 32.1 Å². The van der Waals surface area contributed by atoms with Crippen LogP contribution in [0.15, 0.2) is 42.5 Å². The number of benzene rings is 2. The smallest absolute Gasteiger partial charge is 0.321 e. The zero-order valence-electron chi connectivity index (χ0n) is 18.4. The number of carbonyl (C=O) groups is 2. The minimum absolute atomic E-state index is 0.000274. The molecule has 2 aliphatic heterocycles. The molecule has 1 aromatic heterocycles. The Labute approximate surface area is 187 Å². The van der Waals surface area contributed by atoms with Crippen molar-refractivity contribution in [3.8, 4) is 0 Å². The van der Waals surface area contributed by atoms with Crippen molar-refractivity contribution in [1.29, 1.82) is 0 Å².